The van der Waals surface area contributed by atoms with Crippen molar-refractivity contribution in [1.29, 1.82) is 0 Å². The molecule has 0 spiro atoms. The van der Waals surface area contributed by atoms with E-state index in [1.54, 1.807) is 0 Å². The molecule has 0 atom stereocenters. The number of nitrogens with zero attached hydrogens (tertiary/aromatic N) is 1. The standard InChI is InChI=1S/C18H18FN3O2/c1-2-3-4-10-24-14-7-5-6-13(11-14)12-21-18(23)15-8-9-16(19)22-17(15)20/h5-9,11H,2,10,12H2,1H3,(H2,20,22)(H,21,23). The van der Waals surface area contributed by atoms with E-state index in [0.717, 1.165) is 18.1 Å². The molecule has 0 aliphatic rings. The van der Waals surface area contributed by atoms with Crippen LogP contribution in [0.2, 0.25) is 0 Å². The van der Waals surface area contributed by atoms with Gasteiger partial charge in [0.15, 0.2) is 0 Å². The third kappa shape index (κ3) is 4.99. The second-order valence-corrected chi connectivity index (χ2v) is 4.89. The van der Waals surface area contributed by atoms with Gasteiger partial charge in [0.25, 0.3) is 5.91 Å². The molecule has 1 heterocycles. The van der Waals surface area contributed by atoms with Crippen LogP contribution >= 0.6 is 0 Å². The van der Waals surface area contributed by atoms with E-state index in [9.17, 15) is 9.18 Å². The van der Waals surface area contributed by atoms with E-state index in [1.807, 2.05) is 31.2 Å². The summed E-state index contributed by atoms with van der Waals surface area (Å²) in [5.41, 5.74) is 6.55. The highest BCUT2D eigenvalue weighted by Gasteiger charge is 2.11. The van der Waals surface area contributed by atoms with Gasteiger partial charge in [-0.25, -0.2) is 4.98 Å². The molecule has 3 N–H and O–H groups in total. The Morgan fingerprint density at radius 1 is 1.33 bits per heavy atom. The summed E-state index contributed by atoms with van der Waals surface area (Å²) in [6.07, 6.45) is 0.788. The maximum absolute atomic E-state index is 12.9. The zero-order valence-corrected chi connectivity index (χ0v) is 13.3. The van der Waals surface area contributed by atoms with Crippen LogP contribution in [0, 0.1) is 17.8 Å². The first kappa shape index (κ1) is 17.3. The molecule has 2 aromatic rings. The number of carbonyl (C=O) groups excluding carboxylic acids is 1. The minimum absolute atomic E-state index is 0.138. The highest BCUT2D eigenvalue weighted by Crippen LogP contribution is 2.14. The van der Waals surface area contributed by atoms with Gasteiger partial charge < -0.3 is 15.8 Å². The topological polar surface area (TPSA) is 77.2 Å². The van der Waals surface area contributed by atoms with Crippen LogP contribution in [0.15, 0.2) is 36.4 Å². The molecule has 0 aliphatic heterocycles. The first-order chi connectivity index (χ1) is 11.6. The summed E-state index contributed by atoms with van der Waals surface area (Å²) in [5.74, 6) is 5.21. The predicted molar refractivity (Wildman–Crippen MR) is 89.8 cm³/mol. The van der Waals surface area contributed by atoms with Crippen LogP contribution in [0.4, 0.5) is 10.2 Å². The number of benzene rings is 1. The van der Waals surface area contributed by atoms with E-state index in [1.165, 1.54) is 6.07 Å². The van der Waals surface area contributed by atoms with Crippen molar-refractivity contribution in [3.05, 3.63) is 53.5 Å². The molecule has 0 unspecified atom stereocenters. The fraction of sp³-hybridized carbons (Fsp3) is 0.222. The molecular weight excluding hydrogens is 309 g/mol. The summed E-state index contributed by atoms with van der Waals surface area (Å²) < 4.78 is 18.4. The van der Waals surface area contributed by atoms with Gasteiger partial charge in [-0.3, -0.25) is 4.79 Å². The predicted octanol–water partition coefficient (Wildman–Crippen LogP) is 2.53. The number of rotatable bonds is 5. The molecule has 0 aliphatic carbocycles. The lowest BCUT2D eigenvalue weighted by atomic mass is 10.2. The number of anilines is 1. The molecule has 1 amide bonds. The van der Waals surface area contributed by atoms with E-state index in [4.69, 9.17) is 10.5 Å². The second kappa shape index (κ2) is 8.53. The van der Waals surface area contributed by atoms with Crippen molar-refractivity contribution >= 4 is 11.7 Å². The Morgan fingerprint density at radius 2 is 2.17 bits per heavy atom. The maximum Gasteiger partial charge on any atom is 0.255 e. The summed E-state index contributed by atoms with van der Waals surface area (Å²) in [5, 5.41) is 2.71. The molecule has 0 saturated carbocycles. The van der Waals surface area contributed by atoms with Crippen molar-refractivity contribution in [2.24, 2.45) is 0 Å². The van der Waals surface area contributed by atoms with Gasteiger partial charge in [-0.15, -0.1) is 5.92 Å². The Hall–Kier alpha value is -3.07. The smallest absolute Gasteiger partial charge is 0.255 e. The Balaban J connectivity index is 1.95. The Labute approximate surface area is 140 Å². The average Bonchev–Trinajstić information content (AvgIpc) is 2.57. The van der Waals surface area contributed by atoms with Crippen molar-refractivity contribution in [2.45, 2.75) is 19.9 Å². The highest BCUT2D eigenvalue weighted by molar-refractivity contribution is 5.98. The van der Waals surface area contributed by atoms with E-state index in [0.29, 0.717) is 12.4 Å². The van der Waals surface area contributed by atoms with Crippen LogP contribution in [0.25, 0.3) is 0 Å². The van der Waals surface area contributed by atoms with Gasteiger partial charge in [0, 0.05) is 13.0 Å². The molecular formula is C18H18FN3O2. The Morgan fingerprint density at radius 3 is 2.92 bits per heavy atom. The van der Waals surface area contributed by atoms with Gasteiger partial charge in [-0.2, -0.15) is 4.39 Å². The third-order valence-corrected chi connectivity index (χ3v) is 3.10. The van der Waals surface area contributed by atoms with Crippen LogP contribution < -0.4 is 15.8 Å². The Kier molecular flexibility index (Phi) is 6.15. The van der Waals surface area contributed by atoms with Crippen LogP contribution in [0.5, 0.6) is 5.75 Å². The minimum atomic E-state index is -0.722. The van der Waals surface area contributed by atoms with Gasteiger partial charge in [-0.05, 0) is 29.8 Å². The number of nitrogens with one attached hydrogen (secondary N) is 1. The van der Waals surface area contributed by atoms with E-state index in [-0.39, 0.29) is 17.9 Å². The molecule has 0 radical (unpaired) electrons. The van der Waals surface area contributed by atoms with Crippen LogP contribution in [-0.4, -0.2) is 17.5 Å². The lowest BCUT2D eigenvalue weighted by molar-refractivity contribution is 0.0951. The van der Waals surface area contributed by atoms with E-state index in [2.05, 4.69) is 22.1 Å². The molecule has 124 valence electrons. The van der Waals surface area contributed by atoms with Crippen molar-refractivity contribution in [1.82, 2.24) is 10.3 Å². The number of pyridine rings is 1. The number of amides is 1. The van der Waals surface area contributed by atoms with Gasteiger partial charge in [-0.1, -0.05) is 25.0 Å². The highest BCUT2D eigenvalue weighted by atomic mass is 19.1. The van der Waals surface area contributed by atoms with Gasteiger partial charge >= 0.3 is 0 Å². The van der Waals surface area contributed by atoms with E-state index < -0.39 is 11.9 Å². The van der Waals surface area contributed by atoms with Crippen LogP contribution in [0.1, 0.15) is 29.3 Å². The summed E-state index contributed by atoms with van der Waals surface area (Å²) in [6.45, 7) is 2.58. The molecule has 6 heteroatoms. The molecule has 24 heavy (non-hydrogen) atoms. The van der Waals surface area contributed by atoms with Crippen molar-refractivity contribution in [2.75, 3.05) is 12.3 Å². The number of halogens is 1. The van der Waals surface area contributed by atoms with Crippen molar-refractivity contribution in [3.8, 4) is 17.6 Å². The second-order valence-electron chi connectivity index (χ2n) is 4.89. The number of nitrogen functional groups attached to an aromatic ring is 1. The number of hydrogen-bond acceptors (Lipinski definition) is 4. The SMILES string of the molecule is CCC#CCOc1cccc(CNC(=O)c2ccc(F)nc2N)c1. The number of nitrogens with two attached hydrogens (primary N) is 1. The fourth-order valence-electron chi connectivity index (χ4n) is 1.96. The lowest BCUT2D eigenvalue weighted by Crippen LogP contribution is -2.24. The van der Waals surface area contributed by atoms with Crippen molar-refractivity contribution in [3.63, 3.8) is 0 Å². The molecule has 1 aromatic heterocycles. The van der Waals surface area contributed by atoms with Crippen molar-refractivity contribution < 1.29 is 13.9 Å². The largest absolute Gasteiger partial charge is 0.481 e. The Bertz CT molecular complexity index is 781. The monoisotopic (exact) mass is 327 g/mol. The summed E-state index contributed by atoms with van der Waals surface area (Å²) in [7, 11) is 0. The fourth-order valence-corrected chi connectivity index (χ4v) is 1.96. The molecule has 0 bridgehead atoms. The number of hydrogen-bond donors (Lipinski definition) is 2. The molecule has 0 fully saturated rings. The van der Waals surface area contributed by atoms with Gasteiger partial charge in [0.05, 0.1) is 5.56 Å². The van der Waals surface area contributed by atoms with Gasteiger partial charge in [0.1, 0.15) is 18.2 Å². The zero-order chi connectivity index (χ0) is 17.4. The molecule has 1 aromatic carbocycles. The number of aromatic nitrogens is 1. The average molecular weight is 327 g/mol. The van der Waals surface area contributed by atoms with E-state index >= 15 is 0 Å². The normalized spacial score (nSPS) is 9.75. The first-order valence-electron chi connectivity index (χ1n) is 7.48. The summed E-state index contributed by atoms with van der Waals surface area (Å²) >= 11 is 0. The molecule has 0 saturated heterocycles. The van der Waals surface area contributed by atoms with Gasteiger partial charge in [0.2, 0.25) is 5.95 Å². The maximum atomic E-state index is 12.9. The summed E-state index contributed by atoms with van der Waals surface area (Å²) in [6, 6.07) is 9.73. The quantitative estimate of drug-likeness (QED) is 0.653. The first-order valence-corrected chi connectivity index (χ1v) is 7.48. The molecule has 2 rings (SSSR count). The van der Waals surface area contributed by atoms with Crippen LogP contribution in [-0.2, 0) is 6.54 Å². The summed E-state index contributed by atoms with van der Waals surface area (Å²) in [4.78, 5) is 15.5. The number of ether oxygens (including phenoxy) is 1. The van der Waals surface area contributed by atoms with Crippen LogP contribution in [0.3, 0.4) is 0 Å². The third-order valence-electron chi connectivity index (χ3n) is 3.10. The number of carbonyl (C=O) groups is 1. The lowest BCUT2D eigenvalue weighted by Gasteiger charge is -2.08. The minimum Gasteiger partial charge on any atom is -0.481 e. The zero-order valence-electron chi connectivity index (χ0n) is 13.3. The molecule has 5 nitrogen and oxygen atoms in total.